The zero-order valence-electron chi connectivity index (χ0n) is 11.2. The van der Waals surface area contributed by atoms with Crippen molar-refractivity contribution in [1.82, 2.24) is 5.32 Å². The quantitative estimate of drug-likeness (QED) is 0.749. The molecule has 0 aromatic carbocycles. The van der Waals surface area contributed by atoms with E-state index in [4.69, 9.17) is 4.74 Å². The van der Waals surface area contributed by atoms with Crippen LogP contribution in [0.2, 0.25) is 0 Å². The molecule has 4 nitrogen and oxygen atoms in total. The average Bonchev–Trinajstić information content (AvgIpc) is 2.29. The average molecular weight is 243 g/mol. The number of rotatable bonds is 6. The Morgan fingerprint density at radius 1 is 1.59 bits per heavy atom. The minimum Gasteiger partial charge on any atom is -0.480 e. The molecular formula is C13H25NO3. The molecule has 0 heterocycles. The first-order valence-corrected chi connectivity index (χ1v) is 6.61. The Bertz CT molecular complexity index is 257. The minimum atomic E-state index is -0.755. The number of nitrogens with one attached hydrogen (secondary N) is 1. The summed E-state index contributed by atoms with van der Waals surface area (Å²) in [5, 5.41) is 12.8. The maximum atomic E-state index is 11.6. The van der Waals surface area contributed by atoms with E-state index in [9.17, 15) is 9.90 Å². The number of carbonyl (C=O) groups is 1. The molecule has 1 aliphatic carbocycles. The summed E-state index contributed by atoms with van der Waals surface area (Å²) in [5.41, 5.74) is -0.755. The topological polar surface area (TPSA) is 58.6 Å². The second kappa shape index (κ2) is 6.36. The van der Waals surface area contributed by atoms with Gasteiger partial charge in [-0.25, -0.2) is 0 Å². The lowest BCUT2D eigenvalue weighted by atomic mass is 9.73. The Morgan fingerprint density at radius 2 is 2.29 bits per heavy atom. The van der Waals surface area contributed by atoms with Gasteiger partial charge in [0.05, 0.1) is 6.61 Å². The molecule has 3 unspecified atom stereocenters. The maximum Gasteiger partial charge on any atom is 0.324 e. The lowest BCUT2D eigenvalue weighted by molar-refractivity contribution is -0.149. The predicted octanol–water partition coefficient (Wildman–Crippen LogP) is 2.03. The molecule has 17 heavy (non-hydrogen) atoms. The van der Waals surface area contributed by atoms with Gasteiger partial charge in [-0.15, -0.1) is 0 Å². The Morgan fingerprint density at radius 3 is 2.82 bits per heavy atom. The fourth-order valence-corrected chi connectivity index (χ4v) is 2.72. The van der Waals surface area contributed by atoms with Crippen LogP contribution in [0.15, 0.2) is 0 Å². The van der Waals surface area contributed by atoms with Crippen molar-refractivity contribution >= 4 is 5.97 Å². The van der Waals surface area contributed by atoms with Gasteiger partial charge in [0, 0.05) is 12.6 Å². The Kier molecular flexibility index (Phi) is 5.40. The summed E-state index contributed by atoms with van der Waals surface area (Å²) >= 11 is 0. The molecule has 0 spiro atoms. The van der Waals surface area contributed by atoms with Gasteiger partial charge in [-0.1, -0.05) is 19.8 Å². The van der Waals surface area contributed by atoms with E-state index < -0.39 is 11.5 Å². The molecule has 0 radical (unpaired) electrons. The fourth-order valence-electron chi connectivity index (χ4n) is 2.72. The van der Waals surface area contributed by atoms with E-state index in [2.05, 4.69) is 5.32 Å². The highest BCUT2D eigenvalue weighted by Gasteiger charge is 2.45. The molecule has 1 aliphatic rings. The van der Waals surface area contributed by atoms with Crippen LogP contribution in [0.4, 0.5) is 0 Å². The third kappa shape index (κ3) is 3.42. The normalized spacial score (nSPS) is 31.1. The van der Waals surface area contributed by atoms with Gasteiger partial charge in [0.1, 0.15) is 5.54 Å². The highest BCUT2D eigenvalue weighted by molar-refractivity contribution is 5.79. The zero-order chi connectivity index (χ0) is 12.9. The van der Waals surface area contributed by atoms with Gasteiger partial charge >= 0.3 is 5.97 Å². The molecule has 0 aliphatic heterocycles. The lowest BCUT2D eigenvalue weighted by Gasteiger charge is -2.41. The van der Waals surface area contributed by atoms with Crippen LogP contribution in [0.1, 0.15) is 46.5 Å². The van der Waals surface area contributed by atoms with Crippen LogP contribution in [-0.2, 0) is 9.53 Å². The van der Waals surface area contributed by atoms with Crippen LogP contribution in [0.25, 0.3) is 0 Å². The maximum absolute atomic E-state index is 11.6. The van der Waals surface area contributed by atoms with Crippen molar-refractivity contribution in [3.05, 3.63) is 0 Å². The molecule has 1 rings (SSSR count). The van der Waals surface area contributed by atoms with E-state index in [0.717, 1.165) is 25.7 Å². The second-order valence-electron chi connectivity index (χ2n) is 5.13. The molecule has 0 bridgehead atoms. The van der Waals surface area contributed by atoms with Crippen molar-refractivity contribution in [2.75, 3.05) is 13.2 Å². The summed E-state index contributed by atoms with van der Waals surface area (Å²) in [6, 6.07) is 0.0756. The van der Waals surface area contributed by atoms with Crippen LogP contribution in [0.3, 0.4) is 0 Å². The first-order valence-electron chi connectivity index (χ1n) is 6.61. The van der Waals surface area contributed by atoms with E-state index in [0.29, 0.717) is 13.2 Å². The summed E-state index contributed by atoms with van der Waals surface area (Å²) in [7, 11) is 0. The molecule has 4 heteroatoms. The van der Waals surface area contributed by atoms with Gasteiger partial charge in [0.25, 0.3) is 0 Å². The largest absolute Gasteiger partial charge is 0.480 e. The van der Waals surface area contributed by atoms with E-state index >= 15 is 0 Å². The SMILES string of the molecule is CCOCC(C)NC1(C(=O)O)CCCCC1C. The summed E-state index contributed by atoms with van der Waals surface area (Å²) in [5.74, 6) is -0.536. The number of carboxylic acid groups (broad SMARTS) is 1. The van der Waals surface area contributed by atoms with Gasteiger partial charge in [0.15, 0.2) is 0 Å². The molecule has 1 saturated carbocycles. The molecule has 3 atom stereocenters. The highest BCUT2D eigenvalue weighted by Crippen LogP contribution is 2.34. The van der Waals surface area contributed by atoms with Gasteiger partial charge in [-0.05, 0) is 32.6 Å². The first-order chi connectivity index (χ1) is 8.03. The van der Waals surface area contributed by atoms with Crippen LogP contribution < -0.4 is 5.32 Å². The molecular weight excluding hydrogens is 218 g/mol. The number of hydrogen-bond acceptors (Lipinski definition) is 3. The van der Waals surface area contributed by atoms with Crippen molar-refractivity contribution in [1.29, 1.82) is 0 Å². The zero-order valence-corrected chi connectivity index (χ0v) is 11.2. The van der Waals surface area contributed by atoms with Crippen LogP contribution in [-0.4, -0.2) is 35.9 Å². The van der Waals surface area contributed by atoms with Gasteiger partial charge in [0.2, 0.25) is 0 Å². The van der Waals surface area contributed by atoms with Crippen LogP contribution in [0.5, 0.6) is 0 Å². The molecule has 0 aromatic heterocycles. The van der Waals surface area contributed by atoms with Crippen LogP contribution >= 0.6 is 0 Å². The number of hydrogen-bond donors (Lipinski definition) is 2. The van der Waals surface area contributed by atoms with Crippen LogP contribution in [0, 0.1) is 5.92 Å². The standard InChI is InChI=1S/C13H25NO3/c1-4-17-9-11(3)14-13(12(15)16)8-6-5-7-10(13)2/h10-11,14H,4-9H2,1-3H3,(H,15,16). The van der Waals surface area contributed by atoms with Crippen molar-refractivity contribution in [2.24, 2.45) is 5.92 Å². The van der Waals surface area contributed by atoms with E-state index in [1.807, 2.05) is 20.8 Å². The van der Waals surface area contributed by atoms with E-state index in [1.54, 1.807) is 0 Å². The lowest BCUT2D eigenvalue weighted by Crippen LogP contribution is -2.61. The molecule has 0 saturated heterocycles. The van der Waals surface area contributed by atoms with E-state index in [1.165, 1.54) is 0 Å². The third-order valence-electron chi connectivity index (χ3n) is 3.76. The Balaban J connectivity index is 2.67. The minimum absolute atomic E-state index is 0.0756. The van der Waals surface area contributed by atoms with Crippen molar-refractivity contribution < 1.29 is 14.6 Å². The van der Waals surface area contributed by atoms with Gasteiger partial charge in [-0.3, -0.25) is 10.1 Å². The summed E-state index contributed by atoms with van der Waals surface area (Å²) < 4.78 is 5.34. The smallest absolute Gasteiger partial charge is 0.324 e. The van der Waals surface area contributed by atoms with Crippen molar-refractivity contribution in [2.45, 2.75) is 58.0 Å². The van der Waals surface area contributed by atoms with Crippen molar-refractivity contribution in [3.8, 4) is 0 Å². The molecule has 100 valence electrons. The molecule has 0 aromatic rings. The summed E-state index contributed by atoms with van der Waals surface area (Å²) in [6.07, 6.45) is 3.84. The van der Waals surface area contributed by atoms with Gasteiger partial charge in [-0.2, -0.15) is 0 Å². The Hall–Kier alpha value is -0.610. The highest BCUT2D eigenvalue weighted by atomic mass is 16.5. The third-order valence-corrected chi connectivity index (χ3v) is 3.76. The second-order valence-corrected chi connectivity index (χ2v) is 5.13. The fraction of sp³-hybridized carbons (Fsp3) is 0.923. The number of carboxylic acids is 1. The molecule has 0 amide bonds. The van der Waals surface area contributed by atoms with Gasteiger partial charge < -0.3 is 9.84 Å². The number of aliphatic carboxylic acids is 1. The predicted molar refractivity (Wildman–Crippen MR) is 67.1 cm³/mol. The number of ether oxygens (including phenoxy) is 1. The van der Waals surface area contributed by atoms with E-state index in [-0.39, 0.29) is 12.0 Å². The first kappa shape index (κ1) is 14.5. The Labute approximate surface area is 104 Å². The molecule has 1 fully saturated rings. The summed E-state index contributed by atoms with van der Waals surface area (Å²) in [6.45, 7) is 7.21. The summed E-state index contributed by atoms with van der Waals surface area (Å²) in [4.78, 5) is 11.6. The molecule has 2 N–H and O–H groups in total. The van der Waals surface area contributed by atoms with Crippen molar-refractivity contribution in [3.63, 3.8) is 0 Å². The monoisotopic (exact) mass is 243 g/mol.